The van der Waals surface area contributed by atoms with E-state index in [1.807, 2.05) is 0 Å². The predicted octanol–water partition coefficient (Wildman–Crippen LogP) is -0.535. The zero-order valence-electron chi connectivity index (χ0n) is 13.0. The van der Waals surface area contributed by atoms with Crippen molar-refractivity contribution in [2.45, 2.75) is 38.8 Å². The fraction of sp³-hybridized carbons (Fsp3) is 0.500. The Morgan fingerprint density at radius 1 is 1.38 bits per heavy atom. The van der Waals surface area contributed by atoms with Gasteiger partial charge in [0.15, 0.2) is 5.82 Å². The van der Waals surface area contributed by atoms with Gasteiger partial charge in [-0.1, -0.05) is 5.16 Å². The molecule has 0 spiro atoms. The summed E-state index contributed by atoms with van der Waals surface area (Å²) in [4.78, 5) is 43.5. The van der Waals surface area contributed by atoms with Crippen LogP contribution in [0, 0.1) is 6.92 Å². The lowest BCUT2D eigenvalue weighted by molar-refractivity contribution is -0.120. The second-order valence-corrected chi connectivity index (χ2v) is 5.52. The average Bonchev–Trinajstić information content (AvgIpc) is 3.19. The topological polar surface area (TPSA) is 143 Å². The number of aromatic nitrogens is 4. The summed E-state index contributed by atoms with van der Waals surface area (Å²) in [5, 5.41) is 6.40. The highest BCUT2D eigenvalue weighted by Crippen LogP contribution is 2.26. The average molecular weight is 335 g/mol. The molecule has 0 bridgehead atoms. The van der Waals surface area contributed by atoms with Crippen LogP contribution in [-0.2, 0) is 22.5 Å². The summed E-state index contributed by atoms with van der Waals surface area (Å²) < 4.78 is 10.6. The molecule has 2 aromatic heterocycles. The van der Waals surface area contributed by atoms with Crippen LogP contribution in [0.5, 0.6) is 0 Å². The van der Waals surface area contributed by atoms with Crippen molar-refractivity contribution in [3.8, 4) is 0 Å². The number of ether oxygens (including phenoxy) is 1. The van der Waals surface area contributed by atoms with Crippen molar-refractivity contribution < 1.29 is 14.1 Å². The molecule has 3 N–H and O–H groups in total. The maximum atomic E-state index is 12.0. The van der Waals surface area contributed by atoms with E-state index in [0.717, 1.165) is 12.8 Å². The standard InChI is InChI=1S/C14H17N5O5/c1-7-8(12(21)18-14(22)16-7)5-11(20)15-6-10-17-13(24-19-10)9-3-2-4-23-9/h9H,2-6H2,1H3,(H,15,20)(H2,16,18,21,22)/t9-/m1/s1. The molecule has 2 aromatic rings. The van der Waals surface area contributed by atoms with E-state index in [9.17, 15) is 14.4 Å². The van der Waals surface area contributed by atoms with Crippen LogP contribution >= 0.6 is 0 Å². The first-order valence-electron chi connectivity index (χ1n) is 7.56. The van der Waals surface area contributed by atoms with Gasteiger partial charge in [0.05, 0.1) is 13.0 Å². The third kappa shape index (κ3) is 3.59. The Balaban J connectivity index is 1.58. The summed E-state index contributed by atoms with van der Waals surface area (Å²) >= 11 is 0. The minimum absolute atomic E-state index is 0.0787. The summed E-state index contributed by atoms with van der Waals surface area (Å²) in [7, 11) is 0. The van der Waals surface area contributed by atoms with Crippen molar-refractivity contribution in [3.05, 3.63) is 43.8 Å². The van der Waals surface area contributed by atoms with Crippen LogP contribution in [0.1, 0.15) is 41.9 Å². The number of carbonyl (C=O) groups excluding carboxylic acids is 1. The van der Waals surface area contributed by atoms with Crippen LogP contribution in [0.2, 0.25) is 0 Å². The van der Waals surface area contributed by atoms with Crippen molar-refractivity contribution in [2.24, 2.45) is 0 Å². The second kappa shape index (κ2) is 6.79. The number of rotatable bonds is 5. The molecule has 1 aliphatic heterocycles. The number of aryl methyl sites for hydroxylation is 1. The Hall–Kier alpha value is -2.75. The van der Waals surface area contributed by atoms with Crippen molar-refractivity contribution in [3.63, 3.8) is 0 Å². The monoisotopic (exact) mass is 335 g/mol. The van der Waals surface area contributed by atoms with E-state index in [0.29, 0.717) is 24.0 Å². The molecule has 128 valence electrons. The van der Waals surface area contributed by atoms with Gasteiger partial charge in [0.25, 0.3) is 11.4 Å². The molecule has 1 aliphatic rings. The molecule has 0 aromatic carbocycles. The van der Waals surface area contributed by atoms with E-state index in [1.165, 1.54) is 0 Å². The Kier molecular flexibility index (Phi) is 4.56. The third-order valence-corrected chi connectivity index (χ3v) is 3.72. The molecule has 1 saturated heterocycles. The van der Waals surface area contributed by atoms with Gasteiger partial charge in [-0.25, -0.2) is 4.79 Å². The number of hydrogen-bond acceptors (Lipinski definition) is 7. The van der Waals surface area contributed by atoms with E-state index < -0.39 is 11.2 Å². The van der Waals surface area contributed by atoms with E-state index in [1.54, 1.807) is 6.92 Å². The van der Waals surface area contributed by atoms with Gasteiger partial charge in [-0.3, -0.25) is 14.6 Å². The van der Waals surface area contributed by atoms with Gasteiger partial charge in [-0.15, -0.1) is 0 Å². The van der Waals surface area contributed by atoms with Gasteiger partial charge < -0.3 is 19.6 Å². The molecule has 0 unspecified atom stereocenters. The number of aromatic amines is 2. The van der Waals surface area contributed by atoms with Crippen LogP contribution in [-0.4, -0.2) is 32.6 Å². The molecule has 1 atom stereocenters. The van der Waals surface area contributed by atoms with Gasteiger partial charge in [0.1, 0.15) is 6.10 Å². The molecule has 0 aliphatic carbocycles. The highest BCUT2D eigenvalue weighted by atomic mass is 16.5. The van der Waals surface area contributed by atoms with Crippen LogP contribution in [0.25, 0.3) is 0 Å². The normalized spacial score (nSPS) is 17.1. The number of carbonyl (C=O) groups is 1. The van der Waals surface area contributed by atoms with Crippen molar-refractivity contribution in [1.82, 2.24) is 25.4 Å². The zero-order chi connectivity index (χ0) is 17.1. The zero-order valence-corrected chi connectivity index (χ0v) is 13.0. The molecule has 3 heterocycles. The lowest BCUT2D eigenvalue weighted by Crippen LogP contribution is -2.32. The lowest BCUT2D eigenvalue weighted by Gasteiger charge is -2.04. The van der Waals surface area contributed by atoms with E-state index in [-0.39, 0.29) is 30.5 Å². The number of hydrogen-bond donors (Lipinski definition) is 3. The first-order valence-corrected chi connectivity index (χ1v) is 7.56. The third-order valence-electron chi connectivity index (χ3n) is 3.72. The van der Waals surface area contributed by atoms with Crippen molar-refractivity contribution in [1.29, 1.82) is 0 Å². The van der Waals surface area contributed by atoms with Crippen molar-refractivity contribution >= 4 is 5.91 Å². The highest BCUT2D eigenvalue weighted by molar-refractivity contribution is 5.78. The second-order valence-electron chi connectivity index (χ2n) is 5.52. The predicted molar refractivity (Wildman–Crippen MR) is 80.2 cm³/mol. The lowest BCUT2D eigenvalue weighted by atomic mass is 10.1. The van der Waals surface area contributed by atoms with Crippen LogP contribution in [0.15, 0.2) is 14.1 Å². The quantitative estimate of drug-likeness (QED) is 0.666. The molecular formula is C14H17N5O5. The van der Waals surface area contributed by atoms with Gasteiger partial charge >= 0.3 is 5.69 Å². The Morgan fingerprint density at radius 3 is 2.92 bits per heavy atom. The van der Waals surface area contributed by atoms with Crippen LogP contribution in [0.4, 0.5) is 0 Å². The van der Waals surface area contributed by atoms with E-state index in [4.69, 9.17) is 9.26 Å². The van der Waals surface area contributed by atoms with Gasteiger partial charge in [0, 0.05) is 17.9 Å². The summed E-state index contributed by atoms with van der Waals surface area (Å²) in [6.45, 7) is 2.31. The fourth-order valence-electron chi connectivity index (χ4n) is 2.48. The molecule has 1 fully saturated rings. The van der Waals surface area contributed by atoms with Crippen molar-refractivity contribution in [2.75, 3.05) is 6.61 Å². The molecule has 0 radical (unpaired) electrons. The Labute approximate surface area is 135 Å². The first-order chi connectivity index (χ1) is 11.5. The summed E-state index contributed by atoms with van der Waals surface area (Å²) in [5.41, 5.74) is -0.610. The minimum atomic E-state index is -0.602. The molecule has 1 amide bonds. The molecule has 10 nitrogen and oxygen atoms in total. The largest absolute Gasteiger partial charge is 0.368 e. The van der Waals surface area contributed by atoms with Crippen LogP contribution < -0.4 is 16.6 Å². The minimum Gasteiger partial charge on any atom is -0.368 e. The van der Waals surface area contributed by atoms with E-state index >= 15 is 0 Å². The summed E-state index contributed by atoms with van der Waals surface area (Å²) in [5.74, 6) is 0.352. The maximum Gasteiger partial charge on any atom is 0.325 e. The first kappa shape index (κ1) is 16.1. The molecule has 10 heteroatoms. The SMILES string of the molecule is Cc1[nH]c(=O)[nH]c(=O)c1CC(=O)NCc1noc([C@H]2CCCO2)n1. The summed E-state index contributed by atoms with van der Waals surface area (Å²) in [6, 6.07) is 0. The molecular weight excluding hydrogens is 318 g/mol. The van der Waals surface area contributed by atoms with Crippen LogP contribution in [0.3, 0.4) is 0 Å². The molecule has 24 heavy (non-hydrogen) atoms. The maximum absolute atomic E-state index is 12.0. The highest BCUT2D eigenvalue weighted by Gasteiger charge is 2.23. The molecule has 0 saturated carbocycles. The van der Waals surface area contributed by atoms with Gasteiger partial charge in [-0.05, 0) is 19.8 Å². The van der Waals surface area contributed by atoms with E-state index in [2.05, 4.69) is 25.4 Å². The number of H-pyrrole nitrogens is 2. The number of nitrogens with one attached hydrogen (secondary N) is 3. The Bertz CT molecular complexity index is 846. The smallest absolute Gasteiger partial charge is 0.325 e. The fourth-order valence-corrected chi connectivity index (χ4v) is 2.48. The van der Waals surface area contributed by atoms with Gasteiger partial charge in [-0.2, -0.15) is 4.98 Å². The number of amides is 1. The Morgan fingerprint density at radius 2 is 2.21 bits per heavy atom. The number of nitrogens with zero attached hydrogens (tertiary/aromatic N) is 2. The molecule has 3 rings (SSSR count). The van der Waals surface area contributed by atoms with Gasteiger partial charge in [0.2, 0.25) is 5.91 Å². The summed E-state index contributed by atoms with van der Waals surface area (Å²) in [6.07, 6.45) is 1.45.